The average molecular weight is 442 g/mol. The Labute approximate surface area is 182 Å². The third kappa shape index (κ3) is 3.91. The van der Waals surface area contributed by atoms with Gasteiger partial charge in [-0.2, -0.15) is 0 Å². The van der Waals surface area contributed by atoms with Crippen molar-refractivity contribution in [3.63, 3.8) is 0 Å². The Hall–Kier alpha value is -3.25. The Kier molecular flexibility index (Phi) is 5.74. The quantitative estimate of drug-likeness (QED) is 0.563. The summed E-state index contributed by atoms with van der Waals surface area (Å²) < 4.78 is 29.0. The third-order valence-corrected chi connectivity index (χ3v) is 5.87. The predicted molar refractivity (Wildman–Crippen MR) is 113 cm³/mol. The molecule has 31 heavy (non-hydrogen) atoms. The summed E-state index contributed by atoms with van der Waals surface area (Å²) in [4.78, 5) is 26.7. The Morgan fingerprint density at radius 3 is 2.32 bits per heavy atom. The lowest BCUT2D eigenvalue weighted by Gasteiger charge is -2.30. The van der Waals surface area contributed by atoms with Crippen molar-refractivity contribution in [2.24, 2.45) is 0 Å². The first-order chi connectivity index (χ1) is 14.9. The van der Waals surface area contributed by atoms with E-state index in [9.17, 15) is 23.5 Å². The molecule has 1 aliphatic heterocycles. The number of hydrogen-bond donors (Lipinski definition) is 1. The monoisotopic (exact) mass is 441 g/mol. The van der Waals surface area contributed by atoms with Crippen molar-refractivity contribution in [3.8, 4) is 11.1 Å². The minimum Gasteiger partial charge on any atom is -0.480 e. The fourth-order valence-corrected chi connectivity index (χ4v) is 4.41. The summed E-state index contributed by atoms with van der Waals surface area (Å²) in [5.74, 6) is -3.87. The van der Waals surface area contributed by atoms with Crippen molar-refractivity contribution in [2.75, 3.05) is 0 Å². The summed E-state index contributed by atoms with van der Waals surface area (Å²) in [7, 11) is 0. The molecule has 4 rings (SSSR count). The van der Waals surface area contributed by atoms with Crippen LogP contribution in [0.2, 0.25) is 5.02 Å². The maximum Gasteiger partial charge on any atom is 0.326 e. The minimum absolute atomic E-state index is 0.0667. The van der Waals surface area contributed by atoms with Crippen LogP contribution in [0.15, 0.2) is 66.7 Å². The van der Waals surface area contributed by atoms with E-state index in [1.807, 2.05) is 0 Å². The van der Waals surface area contributed by atoms with Crippen LogP contribution in [-0.2, 0) is 4.79 Å². The predicted octanol–water partition coefficient (Wildman–Crippen LogP) is 5.72. The van der Waals surface area contributed by atoms with E-state index in [2.05, 4.69) is 0 Å². The normalized spacial score (nSPS) is 18.2. The molecule has 158 valence electrons. The van der Waals surface area contributed by atoms with E-state index in [4.69, 9.17) is 11.6 Å². The number of carbonyl (C=O) groups is 2. The molecular formula is C24H18ClF2NO3. The highest BCUT2D eigenvalue weighted by Crippen LogP contribution is 2.41. The van der Waals surface area contributed by atoms with E-state index in [-0.39, 0.29) is 17.5 Å². The Morgan fingerprint density at radius 1 is 0.968 bits per heavy atom. The highest BCUT2D eigenvalue weighted by molar-refractivity contribution is 6.31. The molecule has 1 saturated heterocycles. The standard InChI is InChI=1S/C24H18ClF2NO3/c25-18-9-5-4-8-16(18)20-10-11-21(24(30)31)28(20)23(29)22-17(12-15(26)13-19(22)27)14-6-2-1-3-7-14/h1-9,12-13,20-21H,10-11H2,(H,30,31). The molecule has 1 amide bonds. The molecule has 0 aliphatic carbocycles. The first kappa shape index (κ1) is 21.0. The first-order valence-corrected chi connectivity index (χ1v) is 10.1. The number of nitrogens with zero attached hydrogens (tertiary/aromatic N) is 1. The molecule has 2 unspecified atom stereocenters. The lowest BCUT2D eigenvalue weighted by atomic mass is 9.97. The molecule has 1 heterocycles. The molecule has 0 saturated carbocycles. The van der Waals surface area contributed by atoms with Crippen LogP contribution in [0.25, 0.3) is 11.1 Å². The molecule has 0 bridgehead atoms. The molecule has 0 radical (unpaired) electrons. The molecule has 2 atom stereocenters. The van der Waals surface area contributed by atoms with E-state index in [0.717, 1.165) is 11.0 Å². The van der Waals surface area contributed by atoms with Crippen LogP contribution >= 0.6 is 11.6 Å². The smallest absolute Gasteiger partial charge is 0.326 e. The van der Waals surface area contributed by atoms with Crippen molar-refractivity contribution in [3.05, 3.63) is 94.5 Å². The number of carbonyl (C=O) groups excluding carboxylic acids is 1. The maximum absolute atomic E-state index is 15.0. The summed E-state index contributed by atoms with van der Waals surface area (Å²) in [5.41, 5.74) is 0.740. The molecule has 3 aromatic carbocycles. The van der Waals surface area contributed by atoms with Gasteiger partial charge in [0.25, 0.3) is 5.91 Å². The number of halogens is 3. The van der Waals surface area contributed by atoms with Crippen molar-refractivity contribution in [1.29, 1.82) is 0 Å². The Balaban J connectivity index is 1.87. The molecule has 1 N–H and O–H groups in total. The summed E-state index contributed by atoms with van der Waals surface area (Å²) in [5, 5.41) is 10.1. The largest absolute Gasteiger partial charge is 0.480 e. The summed E-state index contributed by atoms with van der Waals surface area (Å²) in [6.45, 7) is 0. The van der Waals surface area contributed by atoms with Gasteiger partial charge in [-0.15, -0.1) is 0 Å². The topological polar surface area (TPSA) is 57.6 Å². The van der Waals surface area contributed by atoms with Crippen molar-refractivity contribution >= 4 is 23.5 Å². The van der Waals surface area contributed by atoms with Crippen LogP contribution in [0.3, 0.4) is 0 Å². The fourth-order valence-electron chi connectivity index (χ4n) is 4.15. The Bertz CT molecular complexity index is 1150. The van der Waals surface area contributed by atoms with Gasteiger partial charge in [0.1, 0.15) is 17.7 Å². The minimum atomic E-state index is -1.19. The van der Waals surface area contributed by atoms with Crippen molar-refractivity contribution in [1.82, 2.24) is 4.90 Å². The molecule has 0 spiro atoms. The number of carboxylic acids is 1. The number of carboxylic acid groups (broad SMARTS) is 1. The molecular weight excluding hydrogens is 424 g/mol. The van der Waals surface area contributed by atoms with Crippen LogP contribution in [0.1, 0.15) is 34.8 Å². The van der Waals surface area contributed by atoms with Gasteiger partial charge in [-0.25, -0.2) is 13.6 Å². The summed E-state index contributed by atoms with van der Waals surface area (Å²) in [6.07, 6.45) is 0.552. The molecule has 1 aliphatic rings. The lowest BCUT2D eigenvalue weighted by molar-refractivity contribution is -0.141. The van der Waals surface area contributed by atoms with E-state index in [1.165, 1.54) is 0 Å². The van der Waals surface area contributed by atoms with Crippen LogP contribution in [0.5, 0.6) is 0 Å². The fraction of sp³-hybridized carbons (Fsp3) is 0.167. The van der Waals surface area contributed by atoms with Gasteiger partial charge in [0.15, 0.2) is 0 Å². The number of benzene rings is 3. The highest BCUT2D eigenvalue weighted by atomic mass is 35.5. The molecule has 0 aromatic heterocycles. The van der Waals surface area contributed by atoms with Gasteiger partial charge in [0.05, 0.1) is 11.6 Å². The zero-order chi connectivity index (χ0) is 22.1. The number of rotatable bonds is 4. The third-order valence-electron chi connectivity index (χ3n) is 5.52. The number of hydrogen-bond acceptors (Lipinski definition) is 2. The zero-order valence-corrected chi connectivity index (χ0v) is 17.0. The highest BCUT2D eigenvalue weighted by Gasteiger charge is 2.43. The number of likely N-dealkylation sites (tertiary alicyclic amines) is 1. The van der Waals surface area contributed by atoms with Crippen molar-refractivity contribution in [2.45, 2.75) is 24.9 Å². The van der Waals surface area contributed by atoms with Gasteiger partial charge in [-0.3, -0.25) is 4.79 Å². The second kappa shape index (κ2) is 8.47. The second-order valence-corrected chi connectivity index (χ2v) is 7.76. The van der Waals surface area contributed by atoms with Crippen LogP contribution in [0.4, 0.5) is 8.78 Å². The van der Waals surface area contributed by atoms with Gasteiger partial charge in [0, 0.05) is 16.7 Å². The van der Waals surface area contributed by atoms with Gasteiger partial charge in [0.2, 0.25) is 0 Å². The number of amides is 1. The lowest BCUT2D eigenvalue weighted by Crippen LogP contribution is -2.42. The summed E-state index contributed by atoms with van der Waals surface area (Å²) in [6, 6.07) is 15.2. The zero-order valence-electron chi connectivity index (χ0n) is 16.3. The maximum atomic E-state index is 15.0. The van der Waals surface area contributed by atoms with Gasteiger partial charge >= 0.3 is 5.97 Å². The average Bonchev–Trinajstić information content (AvgIpc) is 3.19. The molecule has 7 heteroatoms. The van der Waals surface area contributed by atoms with E-state index >= 15 is 0 Å². The van der Waals surface area contributed by atoms with E-state index < -0.39 is 35.6 Å². The molecule has 3 aromatic rings. The van der Waals surface area contributed by atoms with Gasteiger partial charge in [-0.1, -0.05) is 60.1 Å². The van der Waals surface area contributed by atoms with Gasteiger partial charge in [-0.05, 0) is 36.1 Å². The summed E-state index contributed by atoms with van der Waals surface area (Å²) >= 11 is 6.32. The van der Waals surface area contributed by atoms with Crippen LogP contribution in [-0.4, -0.2) is 27.9 Å². The van der Waals surface area contributed by atoms with Gasteiger partial charge < -0.3 is 10.0 Å². The molecule has 4 nitrogen and oxygen atoms in total. The van der Waals surface area contributed by atoms with Crippen molar-refractivity contribution < 1.29 is 23.5 Å². The van der Waals surface area contributed by atoms with Crippen LogP contribution < -0.4 is 0 Å². The number of aliphatic carboxylic acids is 1. The Morgan fingerprint density at radius 2 is 1.65 bits per heavy atom. The SMILES string of the molecule is O=C(O)C1CCC(c2ccccc2Cl)N1C(=O)c1c(F)cc(F)cc1-c1ccccc1. The van der Waals surface area contributed by atoms with E-state index in [1.54, 1.807) is 54.6 Å². The van der Waals surface area contributed by atoms with Crippen LogP contribution in [0, 0.1) is 11.6 Å². The molecule has 1 fully saturated rings. The van der Waals surface area contributed by atoms with E-state index in [0.29, 0.717) is 28.6 Å². The second-order valence-electron chi connectivity index (χ2n) is 7.36. The first-order valence-electron chi connectivity index (χ1n) is 9.73.